The summed E-state index contributed by atoms with van der Waals surface area (Å²) in [6, 6.07) is 16.4. The van der Waals surface area contributed by atoms with E-state index < -0.39 is 0 Å². The van der Waals surface area contributed by atoms with Gasteiger partial charge in [0.1, 0.15) is 11.5 Å². The highest BCUT2D eigenvalue weighted by atomic mass is 16.5. The summed E-state index contributed by atoms with van der Waals surface area (Å²) in [5, 5.41) is 8.78. The number of ether oxygens (including phenoxy) is 2. The molecule has 2 aromatic rings. The number of amides is 1. The molecule has 0 fully saturated rings. The van der Waals surface area contributed by atoms with Crippen LogP contribution in [-0.2, 0) is 11.3 Å². The summed E-state index contributed by atoms with van der Waals surface area (Å²) in [7, 11) is 1.72. The molecule has 0 saturated carbocycles. The lowest BCUT2D eigenvalue weighted by molar-refractivity contribution is -0.132. The van der Waals surface area contributed by atoms with E-state index in [1.54, 1.807) is 36.2 Å². The normalized spacial score (nSPS) is 9.88. The lowest BCUT2D eigenvalue weighted by Gasteiger charge is -2.17. The summed E-state index contributed by atoms with van der Waals surface area (Å²) in [5.74, 6) is 1.28. The van der Waals surface area contributed by atoms with E-state index in [4.69, 9.17) is 14.7 Å². The van der Waals surface area contributed by atoms with Gasteiger partial charge >= 0.3 is 0 Å². The van der Waals surface area contributed by atoms with Crippen LogP contribution in [0.5, 0.6) is 11.5 Å². The van der Waals surface area contributed by atoms with Crippen LogP contribution in [0.15, 0.2) is 48.5 Å². The number of nitriles is 1. The zero-order valence-electron chi connectivity index (χ0n) is 13.9. The van der Waals surface area contributed by atoms with Crippen LogP contribution < -0.4 is 9.47 Å². The zero-order chi connectivity index (χ0) is 17.4. The number of likely N-dealkylation sites (N-methyl/N-ethyl adjacent to an activating group) is 1. The summed E-state index contributed by atoms with van der Waals surface area (Å²) < 4.78 is 10.9. The van der Waals surface area contributed by atoms with Gasteiger partial charge in [-0.15, -0.1) is 0 Å². The number of hydrogen-bond acceptors (Lipinski definition) is 4. The van der Waals surface area contributed by atoms with E-state index in [2.05, 4.69) is 6.07 Å². The highest BCUT2D eigenvalue weighted by Gasteiger charge is 2.10. The Morgan fingerprint density at radius 1 is 1.04 bits per heavy atom. The molecule has 0 aliphatic carbocycles. The molecule has 0 heterocycles. The van der Waals surface area contributed by atoms with Crippen molar-refractivity contribution in [3.05, 3.63) is 59.7 Å². The third-order valence-corrected chi connectivity index (χ3v) is 3.43. The van der Waals surface area contributed by atoms with E-state index in [0.717, 1.165) is 11.3 Å². The van der Waals surface area contributed by atoms with Gasteiger partial charge in [0.15, 0.2) is 6.61 Å². The SMILES string of the molecule is CCOc1ccc(OCC(=O)N(C)Cc2ccc(C#N)cc2)cc1. The van der Waals surface area contributed by atoms with Gasteiger partial charge in [-0.3, -0.25) is 4.79 Å². The van der Waals surface area contributed by atoms with Crippen LogP contribution in [0.25, 0.3) is 0 Å². The Morgan fingerprint density at radius 2 is 1.62 bits per heavy atom. The maximum atomic E-state index is 12.1. The van der Waals surface area contributed by atoms with Crippen LogP contribution in [0.3, 0.4) is 0 Å². The van der Waals surface area contributed by atoms with Crippen molar-refractivity contribution in [3.63, 3.8) is 0 Å². The molecule has 0 atom stereocenters. The van der Waals surface area contributed by atoms with Crippen molar-refractivity contribution in [1.82, 2.24) is 4.90 Å². The standard InChI is InChI=1S/C19H20N2O3/c1-3-23-17-8-10-18(11-9-17)24-14-19(22)21(2)13-16-6-4-15(12-20)5-7-16/h4-11H,3,13-14H2,1-2H3. The van der Waals surface area contributed by atoms with Crippen molar-refractivity contribution in [2.45, 2.75) is 13.5 Å². The van der Waals surface area contributed by atoms with Gasteiger partial charge in [-0.2, -0.15) is 5.26 Å². The summed E-state index contributed by atoms with van der Waals surface area (Å²) >= 11 is 0. The molecule has 2 aromatic carbocycles. The van der Waals surface area contributed by atoms with Crippen LogP contribution >= 0.6 is 0 Å². The van der Waals surface area contributed by atoms with Crippen molar-refractivity contribution in [2.24, 2.45) is 0 Å². The predicted octanol–water partition coefficient (Wildman–Crippen LogP) is 2.99. The number of rotatable bonds is 7. The average Bonchev–Trinajstić information content (AvgIpc) is 2.61. The molecule has 5 nitrogen and oxygen atoms in total. The first kappa shape index (κ1) is 17.4. The smallest absolute Gasteiger partial charge is 0.260 e. The van der Waals surface area contributed by atoms with Crippen molar-refractivity contribution in [2.75, 3.05) is 20.3 Å². The van der Waals surface area contributed by atoms with E-state index in [1.165, 1.54) is 0 Å². The van der Waals surface area contributed by atoms with Crippen molar-refractivity contribution in [1.29, 1.82) is 5.26 Å². The molecule has 0 aliphatic rings. The fourth-order valence-electron chi connectivity index (χ4n) is 2.10. The summed E-state index contributed by atoms with van der Waals surface area (Å²) in [6.45, 7) is 2.98. The molecule has 0 spiro atoms. The van der Waals surface area contributed by atoms with Gasteiger partial charge in [0.05, 0.1) is 18.2 Å². The molecule has 0 unspecified atom stereocenters. The first-order chi connectivity index (χ1) is 11.6. The Bertz CT molecular complexity index is 703. The number of carbonyl (C=O) groups is 1. The number of benzene rings is 2. The molecule has 0 bridgehead atoms. The second kappa shape index (κ2) is 8.59. The van der Waals surface area contributed by atoms with E-state index in [-0.39, 0.29) is 12.5 Å². The first-order valence-electron chi connectivity index (χ1n) is 7.71. The Hall–Kier alpha value is -3.00. The number of nitrogens with zero attached hydrogens (tertiary/aromatic N) is 2. The lowest BCUT2D eigenvalue weighted by atomic mass is 10.1. The Morgan fingerprint density at radius 3 is 2.17 bits per heavy atom. The van der Waals surface area contributed by atoms with Crippen LogP contribution in [0, 0.1) is 11.3 Å². The molecule has 1 amide bonds. The van der Waals surface area contributed by atoms with Gasteiger partial charge < -0.3 is 14.4 Å². The molecule has 124 valence electrons. The second-order valence-electron chi connectivity index (χ2n) is 5.25. The Balaban J connectivity index is 1.83. The van der Waals surface area contributed by atoms with Crippen molar-refractivity contribution >= 4 is 5.91 Å². The minimum atomic E-state index is -0.117. The maximum Gasteiger partial charge on any atom is 0.260 e. The molecule has 0 saturated heterocycles. The highest BCUT2D eigenvalue weighted by molar-refractivity contribution is 5.77. The van der Waals surface area contributed by atoms with Gasteiger partial charge in [0.2, 0.25) is 0 Å². The molecule has 2 rings (SSSR count). The monoisotopic (exact) mass is 324 g/mol. The van der Waals surface area contributed by atoms with Gasteiger partial charge in [0.25, 0.3) is 5.91 Å². The maximum absolute atomic E-state index is 12.1. The van der Waals surface area contributed by atoms with Crippen molar-refractivity contribution < 1.29 is 14.3 Å². The first-order valence-corrected chi connectivity index (χ1v) is 7.71. The topological polar surface area (TPSA) is 62.6 Å². The minimum absolute atomic E-state index is 0.0270. The predicted molar refractivity (Wildman–Crippen MR) is 90.7 cm³/mol. The molecule has 5 heteroatoms. The summed E-state index contributed by atoms with van der Waals surface area (Å²) in [6.07, 6.45) is 0. The second-order valence-corrected chi connectivity index (χ2v) is 5.25. The molecule has 0 radical (unpaired) electrons. The quantitative estimate of drug-likeness (QED) is 0.785. The largest absolute Gasteiger partial charge is 0.494 e. The number of carbonyl (C=O) groups excluding carboxylic acids is 1. The van der Waals surface area contributed by atoms with Crippen LogP contribution in [0.4, 0.5) is 0 Å². The fraction of sp³-hybridized carbons (Fsp3) is 0.263. The molecular weight excluding hydrogens is 304 g/mol. The van der Waals surface area contributed by atoms with E-state index in [1.807, 2.05) is 31.2 Å². The molecule has 24 heavy (non-hydrogen) atoms. The molecular formula is C19H20N2O3. The van der Waals surface area contributed by atoms with E-state index >= 15 is 0 Å². The van der Waals surface area contributed by atoms with Gasteiger partial charge in [-0.25, -0.2) is 0 Å². The highest BCUT2D eigenvalue weighted by Crippen LogP contribution is 2.17. The van der Waals surface area contributed by atoms with Gasteiger partial charge in [-0.1, -0.05) is 12.1 Å². The Labute approximate surface area is 142 Å². The molecule has 0 N–H and O–H groups in total. The van der Waals surface area contributed by atoms with Crippen molar-refractivity contribution in [3.8, 4) is 17.6 Å². The lowest BCUT2D eigenvalue weighted by Crippen LogP contribution is -2.30. The van der Waals surface area contributed by atoms with Gasteiger partial charge in [-0.05, 0) is 48.9 Å². The average molecular weight is 324 g/mol. The third-order valence-electron chi connectivity index (χ3n) is 3.43. The number of hydrogen-bond donors (Lipinski definition) is 0. The van der Waals surface area contributed by atoms with Crippen LogP contribution in [-0.4, -0.2) is 31.1 Å². The van der Waals surface area contributed by atoms with E-state index in [0.29, 0.717) is 24.5 Å². The molecule has 0 aromatic heterocycles. The summed E-state index contributed by atoms with van der Waals surface area (Å²) in [5.41, 5.74) is 1.57. The summed E-state index contributed by atoms with van der Waals surface area (Å²) in [4.78, 5) is 13.7. The molecule has 0 aliphatic heterocycles. The minimum Gasteiger partial charge on any atom is -0.494 e. The van der Waals surface area contributed by atoms with Crippen LogP contribution in [0.1, 0.15) is 18.1 Å². The fourth-order valence-corrected chi connectivity index (χ4v) is 2.10. The zero-order valence-corrected chi connectivity index (χ0v) is 13.9. The third kappa shape index (κ3) is 5.03. The van der Waals surface area contributed by atoms with E-state index in [9.17, 15) is 4.79 Å². The van der Waals surface area contributed by atoms with Crippen LogP contribution in [0.2, 0.25) is 0 Å². The van der Waals surface area contributed by atoms with Gasteiger partial charge in [0, 0.05) is 13.6 Å². The Kier molecular flexibility index (Phi) is 6.21.